The van der Waals surface area contributed by atoms with Gasteiger partial charge in [0, 0.05) is 5.56 Å². The number of hydrazone groups is 1. The Hall–Kier alpha value is -1.88. The number of benzene rings is 2. The van der Waals surface area contributed by atoms with E-state index < -0.39 is 11.6 Å². The highest BCUT2D eigenvalue weighted by molar-refractivity contribution is 8.15. The van der Waals surface area contributed by atoms with Crippen LogP contribution in [-0.2, 0) is 11.3 Å². The third kappa shape index (κ3) is 2.11. The van der Waals surface area contributed by atoms with Crippen molar-refractivity contribution >= 4 is 16.8 Å². The topological polar surface area (TPSA) is 24.4 Å². The van der Waals surface area contributed by atoms with Crippen molar-refractivity contribution in [1.29, 1.82) is 0 Å². The van der Waals surface area contributed by atoms with Gasteiger partial charge in [0.25, 0.3) is 0 Å². The molecule has 2 aromatic rings. The molecule has 0 fully saturated rings. The molecule has 2 aromatic carbocycles. The molecule has 1 aliphatic heterocycles. The summed E-state index contributed by atoms with van der Waals surface area (Å²) in [5, 5.41) is 4.81. The zero-order valence-corrected chi connectivity index (χ0v) is 12.6. The largest absolute Gasteiger partial charge is 0.288 e. The fourth-order valence-electron chi connectivity index (χ4n) is 3.15. The number of aryl methyl sites for hydroxylation is 1. The lowest BCUT2D eigenvalue weighted by molar-refractivity contribution is 0.436. The second kappa shape index (κ2) is 5.09. The van der Waals surface area contributed by atoms with Gasteiger partial charge in [-0.15, -0.1) is 0 Å². The van der Waals surface area contributed by atoms with Crippen LogP contribution in [0.5, 0.6) is 0 Å². The molecule has 2 aliphatic rings. The molecule has 1 aliphatic carbocycles. The summed E-state index contributed by atoms with van der Waals surface area (Å²) in [4.78, 5) is -0.358. The maximum Gasteiger partial charge on any atom is 0.133 e. The predicted octanol–water partition coefficient (Wildman–Crippen LogP) is 4.15. The van der Waals surface area contributed by atoms with Crippen molar-refractivity contribution in [3.8, 4) is 0 Å². The van der Waals surface area contributed by atoms with Gasteiger partial charge in [0.15, 0.2) is 0 Å². The third-order valence-electron chi connectivity index (χ3n) is 4.20. The number of thioether (sulfide) groups is 1. The van der Waals surface area contributed by atoms with Gasteiger partial charge in [-0.05, 0) is 48.6 Å². The van der Waals surface area contributed by atoms with E-state index in [9.17, 15) is 8.78 Å². The van der Waals surface area contributed by atoms with Gasteiger partial charge in [-0.25, -0.2) is 8.78 Å². The molecule has 0 bridgehead atoms. The first kappa shape index (κ1) is 13.8. The highest BCUT2D eigenvalue weighted by Gasteiger charge is 2.42. The minimum absolute atomic E-state index is 0.220. The van der Waals surface area contributed by atoms with E-state index in [0.717, 1.165) is 31.4 Å². The number of nitrogens with zero attached hydrogens (tertiary/aromatic N) is 1. The van der Waals surface area contributed by atoms with Crippen LogP contribution in [-0.4, -0.2) is 5.04 Å². The van der Waals surface area contributed by atoms with E-state index in [1.807, 2.05) is 12.1 Å². The number of halogens is 2. The van der Waals surface area contributed by atoms with Crippen LogP contribution in [0.4, 0.5) is 8.78 Å². The summed E-state index contributed by atoms with van der Waals surface area (Å²) < 4.78 is 27.4. The fraction of sp³-hybridized carbons (Fsp3) is 0.235. The van der Waals surface area contributed by atoms with Crippen LogP contribution in [0.1, 0.15) is 29.5 Å². The Kier molecular flexibility index (Phi) is 3.18. The molecule has 0 aromatic heterocycles. The van der Waals surface area contributed by atoms with Crippen LogP contribution < -0.4 is 5.43 Å². The fourth-order valence-corrected chi connectivity index (χ4v) is 4.48. The highest BCUT2D eigenvalue weighted by atomic mass is 32.2. The van der Waals surface area contributed by atoms with E-state index >= 15 is 0 Å². The summed E-state index contributed by atoms with van der Waals surface area (Å²) in [7, 11) is 0. The first-order chi connectivity index (χ1) is 10.7. The molecule has 22 heavy (non-hydrogen) atoms. The average Bonchev–Trinajstić information content (AvgIpc) is 2.95. The minimum Gasteiger partial charge on any atom is -0.288 e. The Morgan fingerprint density at radius 3 is 2.91 bits per heavy atom. The molecule has 0 amide bonds. The summed E-state index contributed by atoms with van der Waals surface area (Å²) >= 11 is 1.48. The van der Waals surface area contributed by atoms with Crippen LogP contribution in [0.15, 0.2) is 47.6 Å². The predicted molar refractivity (Wildman–Crippen MR) is 84.7 cm³/mol. The zero-order chi connectivity index (χ0) is 15.2. The molecular weight excluding hydrogens is 302 g/mol. The van der Waals surface area contributed by atoms with Crippen LogP contribution >= 0.6 is 11.8 Å². The molecule has 1 atom stereocenters. The van der Waals surface area contributed by atoms with E-state index in [1.165, 1.54) is 29.0 Å². The maximum absolute atomic E-state index is 14.0. The zero-order valence-electron chi connectivity index (χ0n) is 11.8. The normalized spacial score (nSPS) is 23.1. The van der Waals surface area contributed by atoms with E-state index in [2.05, 4.69) is 22.7 Å². The molecule has 2 nitrogen and oxygen atoms in total. The lowest BCUT2D eigenvalue weighted by Crippen LogP contribution is -2.36. The molecule has 1 heterocycles. The lowest BCUT2D eigenvalue weighted by Gasteiger charge is -2.34. The molecule has 1 N–H and O–H groups in total. The number of rotatable bonds is 1. The van der Waals surface area contributed by atoms with E-state index in [0.29, 0.717) is 5.04 Å². The summed E-state index contributed by atoms with van der Waals surface area (Å²) in [6.45, 7) is 0. The molecule has 1 spiro atoms. The van der Waals surface area contributed by atoms with E-state index in [4.69, 9.17) is 0 Å². The summed E-state index contributed by atoms with van der Waals surface area (Å²) in [6.07, 6.45) is 3.01. The lowest BCUT2D eigenvalue weighted by atomic mass is 9.87. The van der Waals surface area contributed by atoms with Gasteiger partial charge in [0.2, 0.25) is 0 Å². The molecule has 4 rings (SSSR count). The smallest absolute Gasteiger partial charge is 0.133 e. The van der Waals surface area contributed by atoms with Crippen LogP contribution in [0.25, 0.3) is 0 Å². The van der Waals surface area contributed by atoms with Crippen molar-refractivity contribution in [1.82, 2.24) is 5.43 Å². The minimum atomic E-state index is -0.454. The standard InChI is InChI=1S/C17H14F2N2S/c18-12-7-8-15(19)13(10-12)16-20-21-17(22-16)9-3-5-11-4-1-2-6-14(11)17/h1-2,4,6-8,10,21H,3,5,9H2. The van der Waals surface area contributed by atoms with Gasteiger partial charge in [-0.1, -0.05) is 36.0 Å². The van der Waals surface area contributed by atoms with E-state index in [-0.39, 0.29) is 10.4 Å². The molecule has 0 saturated heterocycles. The summed E-state index contributed by atoms with van der Waals surface area (Å²) in [6, 6.07) is 11.7. The Balaban J connectivity index is 1.72. The maximum atomic E-state index is 14.0. The monoisotopic (exact) mass is 316 g/mol. The van der Waals surface area contributed by atoms with Gasteiger partial charge < -0.3 is 0 Å². The number of fused-ring (bicyclic) bond motifs is 2. The van der Waals surface area contributed by atoms with Crippen molar-refractivity contribution < 1.29 is 8.78 Å². The second-order valence-corrected chi connectivity index (χ2v) is 6.88. The number of hydrogen-bond donors (Lipinski definition) is 1. The van der Waals surface area contributed by atoms with Gasteiger partial charge >= 0.3 is 0 Å². The van der Waals surface area contributed by atoms with Gasteiger partial charge in [0.1, 0.15) is 21.5 Å². The molecule has 5 heteroatoms. The van der Waals surface area contributed by atoms with Crippen molar-refractivity contribution in [3.05, 3.63) is 70.8 Å². The molecule has 0 saturated carbocycles. The Labute approximate surface area is 131 Å². The third-order valence-corrected chi connectivity index (χ3v) is 5.56. The molecular formula is C17H14F2N2S. The van der Waals surface area contributed by atoms with Gasteiger partial charge in [-0.2, -0.15) is 5.10 Å². The SMILES string of the molecule is Fc1ccc(F)c(C2=NNC3(CCCc4ccccc43)S2)c1. The first-order valence-electron chi connectivity index (χ1n) is 7.26. The summed E-state index contributed by atoms with van der Waals surface area (Å²) in [5.41, 5.74) is 5.90. The van der Waals surface area contributed by atoms with Gasteiger partial charge in [0.05, 0.1) is 0 Å². The highest BCUT2D eigenvalue weighted by Crippen LogP contribution is 2.48. The molecule has 1 unspecified atom stereocenters. The van der Waals surface area contributed by atoms with Crippen LogP contribution in [0.2, 0.25) is 0 Å². The van der Waals surface area contributed by atoms with Crippen molar-refractivity contribution in [2.75, 3.05) is 0 Å². The Morgan fingerprint density at radius 1 is 1.14 bits per heavy atom. The average molecular weight is 316 g/mol. The van der Waals surface area contributed by atoms with Crippen molar-refractivity contribution in [2.24, 2.45) is 5.10 Å². The summed E-state index contributed by atoms with van der Waals surface area (Å²) in [5.74, 6) is -0.903. The van der Waals surface area contributed by atoms with E-state index in [1.54, 1.807) is 0 Å². The Morgan fingerprint density at radius 2 is 2.00 bits per heavy atom. The van der Waals surface area contributed by atoms with Crippen molar-refractivity contribution in [2.45, 2.75) is 24.1 Å². The first-order valence-corrected chi connectivity index (χ1v) is 8.07. The van der Waals surface area contributed by atoms with Crippen LogP contribution in [0, 0.1) is 11.6 Å². The van der Waals surface area contributed by atoms with Crippen molar-refractivity contribution in [3.63, 3.8) is 0 Å². The van der Waals surface area contributed by atoms with Gasteiger partial charge in [-0.3, -0.25) is 5.43 Å². The quantitative estimate of drug-likeness (QED) is 0.854. The second-order valence-electron chi connectivity index (χ2n) is 5.59. The Bertz CT molecular complexity index is 775. The molecule has 112 valence electrons. The molecule has 0 radical (unpaired) electrons. The number of hydrogen-bond acceptors (Lipinski definition) is 3. The van der Waals surface area contributed by atoms with Crippen LogP contribution in [0.3, 0.4) is 0 Å². The number of nitrogens with one attached hydrogen (secondary N) is 1.